The fourth-order valence-electron chi connectivity index (χ4n) is 2.84. The monoisotopic (exact) mass is 272 g/mol. The zero-order valence-corrected chi connectivity index (χ0v) is 12.0. The van der Waals surface area contributed by atoms with Crippen molar-refractivity contribution >= 4 is 17.0 Å². The fourth-order valence-corrected chi connectivity index (χ4v) is 2.84. The van der Waals surface area contributed by atoms with Gasteiger partial charge >= 0.3 is 5.97 Å². The molecule has 4 heteroatoms. The van der Waals surface area contributed by atoms with Crippen LogP contribution in [0.15, 0.2) is 18.2 Å². The third kappa shape index (κ3) is 1.90. The maximum absolute atomic E-state index is 12.3. The highest BCUT2D eigenvalue weighted by Crippen LogP contribution is 2.44. The number of hydrogen-bond donors (Lipinski definition) is 1. The van der Waals surface area contributed by atoms with Crippen LogP contribution in [0.3, 0.4) is 0 Å². The van der Waals surface area contributed by atoms with Gasteiger partial charge < -0.3 is 9.72 Å². The van der Waals surface area contributed by atoms with Gasteiger partial charge in [-0.3, -0.25) is 4.79 Å². The molecule has 1 aromatic heterocycles. The van der Waals surface area contributed by atoms with E-state index in [0.29, 0.717) is 6.61 Å². The zero-order chi connectivity index (χ0) is 14.2. The molecule has 1 aliphatic rings. The topological polar surface area (TPSA) is 55.0 Å². The number of rotatable bonds is 4. The quantitative estimate of drug-likeness (QED) is 0.870. The van der Waals surface area contributed by atoms with Crippen LogP contribution < -0.4 is 0 Å². The van der Waals surface area contributed by atoms with E-state index in [1.165, 1.54) is 5.56 Å². The Labute approximate surface area is 118 Å². The van der Waals surface area contributed by atoms with Crippen molar-refractivity contribution in [1.29, 1.82) is 0 Å². The molecule has 1 aromatic carbocycles. The average molecular weight is 272 g/mol. The molecule has 4 nitrogen and oxygen atoms in total. The number of carbonyl (C=O) groups is 1. The number of hydrogen-bond acceptors (Lipinski definition) is 3. The second-order valence-electron chi connectivity index (χ2n) is 5.45. The lowest BCUT2D eigenvalue weighted by Crippen LogP contribution is -2.44. The fraction of sp³-hybridized carbons (Fsp3) is 0.500. The molecule has 1 heterocycles. The lowest BCUT2D eigenvalue weighted by molar-refractivity contribution is -0.154. The van der Waals surface area contributed by atoms with Gasteiger partial charge in [0.2, 0.25) is 0 Å². The molecule has 0 spiro atoms. The standard InChI is InChI=1S/C16H20N2O2/c1-3-11-6-7-12-13(10-11)18-14(17-12)16(8-5-9-16)15(19)20-4-2/h6-7,10H,3-5,8-9H2,1-2H3,(H,17,18). The van der Waals surface area contributed by atoms with Gasteiger partial charge in [-0.1, -0.05) is 19.4 Å². The molecule has 0 bridgehead atoms. The van der Waals surface area contributed by atoms with Crippen LogP contribution in [-0.2, 0) is 21.4 Å². The first-order valence-electron chi connectivity index (χ1n) is 7.36. The molecular formula is C16H20N2O2. The van der Waals surface area contributed by atoms with Crippen molar-refractivity contribution in [2.75, 3.05) is 6.61 Å². The van der Waals surface area contributed by atoms with Crippen LogP contribution in [-0.4, -0.2) is 22.5 Å². The lowest BCUT2D eigenvalue weighted by Gasteiger charge is -2.37. The van der Waals surface area contributed by atoms with Crippen LogP contribution >= 0.6 is 0 Å². The summed E-state index contributed by atoms with van der Waals surface area (Å²) in [6, 6.07) is 6.22. The van der Waals surface area contributed by atoms with Gasteiger partial charge in [0.05, 0.1) is 17.6 Å². The molecule has 0 aliphatic heterocycles. The van der Waals surface area contributed by atoms with E-state index in [1.807, 2.05) is 13.0 Å². The van der Waals surface area contributed by atoms with Gasteiger partial charge in [-0.15, -0.1) is 0 Å². The Kier molecular flexibility index (Phi) is 3.24. The lowest BCUT2D eigenvalue weighted by atomic mass is 9.68. The molecule has 0 atom stereocenters. The molecule has 0 radical (unpaired) electrons. The number of H-pyrrole nitrogens is 1. The van der Waals surface area contributed by atoms with Crippen molar-refractivity contribution in [2.24, 2.45) is 0 Å². The molecule has 1 fully saturated rings. The Morgan fingerprint density at radius 1 is 1.40 bits per heavy atom. The van der Waals surface area contributed by atoms with Crippen molar-refractivity contribution in [3.63, 3.8) is 0 Å². The minimum Gasteiger partial charge on any atom is -0.465 e. The minimum absolute atomic E-state index is 0.138. The summed E-state index contributed by atoms with van der Waals surface area (Å²) < 4.78 is 5.25. The first kappa shape index (κ1) is 13.2. The molecule has 2 aromatic rings. The number of ether oxygens (including phenoxy) is 1. The summed E-state index contributed by atoms with van der Waals surface area (Å²) in [5.74, 6) is 0.631. The van der Waals surface area contributed by atoms with Crippen molar-refractivity contribution in [3.05, 3.63) is 29.6 Å². The molecule has 0 amide bonds. The highest BCUT2D eigenvalue weighted by molar-refractivity contribution is 5.85. The summed E-state index contributed by atoms with van der Waals surface area (Å²) in [6.07, 6.45) is 3.70. The predicted octanol–water partition coefficient (Wildman–Crippen LogP) is 3.11. The predicted molar refractivity (Wildman–Crippen MR) is 77.6 cm³/mol. The van der Waals surface area contributed by atoms with Crippen molar-refractivity contribution < 1.29 is 9.53 Å². The van der Waals surface area contributed by atoms with Gasteiger partial charge in [-0.25, -0.2) is 4.98 Å². The van der Waals surface area contributed by atoms with E-state index in [4.69, 9.17) is 4.74 Å². The summed E-state index contributed by atoms with van der Waals surface area (Å²) in [5.41, 5.74) is 2.66. The van der Waals surface area contributed by atoms with Crippen molar-refractivity contribution in [3.8, 4) is 0 Å². The van der Waals surface area contributed by atoms with Crippen LogP contribution in [0.4, 0.5) is 0 Å². The van der Waals surface area contributed by atoms with E-state index in [-0.39, 0.29) is 5.97 Å². The van der Waals surface area contributed by atoms with E-state index in [1.54, 1.807) is 0 Å². The number of aromatic amines is 1. The SMILES string of the molecule is CCOC(=O)C1(c2nc3ccc(CC)cc3[nH]2)CCC1. The Morgan fingerprint density at radius 2 is 2.20 bits per heavy atom. The largest absolute Gasteiger partial charge is 0.465 e. The first-order chi connectivity index (χ1) is 9.69. The van der Waals surface area contributed by atoms with Gasteiger partial charge in [0.1, 0.15) is 11.2 Å². The van der Waals surface area contributed by atoms with Crippen LogP contribution in [0.5, 0.6) is 0 Å². The zero-order valence-electron chi connectivity index (χ0n) is 12.0. The summed E-state index contributed by atoms with van der Waals surface area (Å²) in [4.78, 5) is 20.2. The summed E-state index contributed by atoms with van der Waals surface area (Å²) in [7, 11) is 0. The van der Waals surface area contributed by atoms with Gasteiger partial charge in [0, 0.05) is 0 Å². The minimum atomic E-state index is -0.540. The van der Waals surface area contributed by atoms with Crippen molar-refractivity contribution in [2.45, 2.75) is 44.9 Å². The molecule has 20 heavy (non-hydrogen) atoms. The normalized spacial score (nSPS) is 16.9. The third-order valence-corrected chi connectivity index (χ3v) is 4.28. The molecule has 1 aliphatic carbocycles. The average Bonchev–Trinajstić information content (AvgIpc) is 2.80. The van der Waals surface area contributed by atoms with Crippen LogP contribution in [0.1, 0.15) is 44.5 Å². The van der Waals surface area contributed by atoms with Gasteiger partial charge in [0.25, 0.3) is 0 Å². The molecule has 1 N–H and O–H groups in total. The first-order valence-corrected chi connectivity index (χ1v) is 7.36. The summed E-state index contributed by atoms with van der Waals surface area (Å²) in [6.45, 7) is 4.39. The smallest absolute Gasteiger partial charge is 0.319 e. The van der Waals surface area contributed by atoms with Crippen molar-refractivity contribution in [1.82, 2.24) is 9.97 Å². The number of aromatic nitrogens is 2. The third-order valence-electron chi connectivity index (χ3n) is 4.28. The van der Waals surface area contributed by atoms with Crippen LogP contribution in [0.2, 0.25) is 0 Å². The molecular weight excluding hydrogens is 252 g/mol. The number of imidazole rings is 1. The number of aryl methyl sites for hydroxylation is 1. The number of nitrogens with zero attached hydrogens (tertiary/aromatic N) is 1. The van der Waals surface area contributed by atoms with Crippen LogP contribution in [0, 0.1) is 0 Å². The number of esters is 1. The van der Waals surface area contributed by atoms with Gasteiger partial charge in [-0.05, 0) is 43.9 Å². The van der Waals surface area contributed by atoms with E-state index < -0.39 is 5.41 Å². The van der Waals surface area contributed by atoms with Gasteiger partial charge in [0.15, 0.2) is 0 Å². The number of nitrogens with one attached hydrogen (secondary N) is 1. The van der Waals surface area contributed by atoms with E-state index in [9.17, 15) is 4.79 Å². The Balaban J connectivity index is 2.02. The second kappa shape index (κ2) is 4.93. The Bertz CT molecular complexity index is 641. The van der Waals surface area contributed by atoms with E-state index in [0.717, 1.165) is 42.5 Å². The summed E-state index contributed by atoms with van der Waals surface area (Å²) >= 11 is 0. The molecule has 0 unspecified atom stereocenters. The maximum Gasteiger partial charge on any atom is 0.319 e. The molecule has 1 saturated carbocycles. The van der Waals surface area contributed by atoms with E-state index >= 15 is 0 Å². The molecule has 106 valence electrons. The Morgan fingerprint density at radius 3 is 2.80 bits per heavy atom. The number of carbonyl (C=O) groups excluding carboxylic acids is 1. The highest BCUT2D eigenvalue weighted by atomic mass is 16.5. The molecule has 0 saturated heterocycles. The van der Waals surface area contributed by atoms with E-state index in [2.05, 4.69) is 29.0 Å². The Hall–Kier alpha value is -1.84. The highest BCUT2D eigenvalue weighted by Gasteiger charge is 2.49. The van der Waals surface area contributed by atoms with Gasteiger partial charge in [-0.2, -0.15) is 0 Å². The second-order valence-corrected chi connectivity index (χ2v) is 5.45. The van der Waals surface area contributed by atoms with Crippen LogP contribution in [0.25, 0.3) is 11.0 Å². The summed E-state index contributed by atoms with van der Waals surface area (Å²) in [5, 5.41) is 0. The number of benzene rings is 1. The number of fused-ring (bicyclic) bond motifs is 1. The molecule has 3 rings (SSSR count). The maximum atomic E-state index is 12.3.